The molecule has 1 fully saturated rings. The molecule has 0 spiro atoms. The van der Waals surface area contributed by atoms with Gasteiger partial charge in [-0.05, 0) is 30.3 Å². The summed E-state index contributed by atoms with van der Waals surface area (Å²) in [5.41, 5.74) is 3.60. The first kappa shape index (κ1) is 19.0. The smallest absolute Gasteiger partial charge is 0.254 e. The van der Waals surface area contributed by atoms with E-state index in [1.54, 1.807) is 24.7 Å². The molecule has 0 saturated carbocycles. The van der Waals surface area contributed by atoms with Crippen LogP contribution in [0.3, 0.4) is 0 Å². The number of carbonyl (C=O) groups is 1. The Morgan fingerprint density at radius 1 is 0.774 bits per heavy atom. The molecule has 0 aliphatic carbocycles. The molecular formula is C24H22N6O. The van der Waals surface area contributed by atoms with E-state index in [1.807, 2.05) is 58.1 Å². The number of anilines is 1. The lowest BCUT2D eigenvalue weighted by molar-refractivity contribution is 0.0746. The number of carbonyl (C=O) groups excluding carboxylic acids is 1. The highest BCUT2D eigenvalue weighted by atomic mass is 16.2. The van der Waals surface area contributed by atoms with Gasteiger partial charge in [0.05, 0.1) is 17.6 Å². The molecule has 4 aromatic rings. The maximum Gasteiger partial charge on any atom is 0.254 e. The zero-order valence-electron chi connectivity index (χ0n) is 17.0. The van der Waals surface area contributed by atoms with E-state index in [9.17, 15) is 4.79 Å². The van der Waals surface area contributed by atoms with Gasteiger partial charge < -0.3 is 9.80 Å². The van der Waals surface area contributed by atoms with Crippen molar-refractivity contribution in [2.24, 2.45) is 0 Å². The summed E-state index contributed by atoms with van der Waals surface area (Å²) in [6, 6.07) is 21.6. The standard InChI is InChI=1S/C24H22N6O/c31-23(28-14-16-29(17-15-28)24-25-11-5-12-26-24)20-8-4-9-21(18-20)30-22(10-13-27-30)19-6-2-1-3-7-19/h1-13,18H,14-17H2. The molecule has 31 heavy (non-hydrogen) atoms. The summed E-state index contributed by atoms with van der Waals surface area (Å²) in [4.78, 5) is 25.8. The summed E-state index contributed by atoms with van der Waals surface area (Å²) < 4.78 is 1.87. The summed E-state index contributed by atoms with van der Waals surface area (Å²) in [5.74, 6) is 0.743. The molecule has 0 N–H and O–H groups in total. The van der Waals surface area contributed by atoms with E-state index in [-0.39, 0.29) is 5.91 Å². The average Bonchev–Trinajstić information content (AvgIpc) is 3.35. The molecule has 0 unspecified atom stereocenters. The van der Waals surface area contributed by atoms with Gasteiger partial charge in [-0.3, -0.25) is 4.79 Å². The highest BCUT2D eigenvalue weighted by molar-refractivity contribution is 5.95. The lowest BCUT2D eigenvalue weighted by Gasteiger charge is -2.34. The van der Waals surface area contributed by atoms with Gasteiger partial charge in [0.25, 0.3) is 5.91 Å². The first-order chi connectivity index (χ1) is 15.3. The number of hydrogen-bond donors (Lipinski definition) is 0. The average molecular weight is 410 g/mol. The first-order valence-electron chi connectivity index (χ1n) is 10.3. The van der Waals surface area contributed by atoms with E-state index in [0.717, 1.165) is 16.9 Å². The van der Waals surface area contributed by atoms with Gasteiger partial charge in [0.2, 0.25) is 5.95 Å². The zero-order valence-corrected chi connectivity index (χ0v) is 17.0. The van der Waals surface area contributed by atoms with Crippen molar-refractivity contribution >= 4 is 11.9 Å². The first-order valence-corrected chi connectivity index (χ1v) is 10.3. The van der Waals surface area contributed by atoms with Crippen LogP contribution in [0.2, 0.25) is 0 Å². The lowest BCUT2D eigenvalue weighted by Crippen LogP contribution is -2.49. The molecule has 1 amide bonds. The van der Waals surface area contributed by atoms with Crippen LogP contribution in [0.15, 0.2) is 85.3 Å². The maximum absolute atomic E-state index is 13.2. The van der Waals surface area contributed by atoms with Gasteiger partial charge in [-0.15, -0.1) is 0 Å². The molecule has 7 heteroatoms. The molecule has 1 saturated heterocycles. The summed E-state index contributed by atoms with van der Waals surface area (Å²) in [6.45, 7) is 2.70. The molecule has 154 valence electrons. The van der Waals surface area contributed by atoms with Crippen molar-refractivity contribution in [2.45, 2.75) is 0 Å². The largest absolute Gasteiger partial charge is 0.337 e. The van der Waals surface area contributed by atoms with Crippen LogP contribution in [-0.4, -0.2) is 56.7 Å². The van der Waals surface area contributed by atoms with Gasteiger partial charge in [0.1, 0.15) is 0 Å². The Hall–Kier alpha value is -4.00. The molecule has 2 aromatic carbocycles. The number of benzene rings is 2. The summed E-state index contributed by atoms with van der Waals surface area (Å²) in [5, 5.41) is 4.49. The van der Waals surface area contributed by atoms with Crippen molar-refractivity contribution in [1.82, 2.24) is 24.6 Å². The Morgan fingerprint density at radius 3 is 2.32 bits per heavy atom. The summed E-state index contributed by atoms with van der Waals surface area (Å²) in [7, 11) is 0. The minimum absolute atomic E-state index is 0.0314. The van der Waals surface area contributed by atoms with Crippen LogP contribution in [0.25, 0.3) is 16.9 Å². The van der Waals surface area contributed by atoms with Crippen molar-refractivity contribution in [2.75, 3.05) is 31.1 Å². The Bertz CT molecular complexity index is 1170. The van der Waals surface area contributed by atoms with Gasteiger partial charge in [0.15, 0.2) is 0 Å². The van der Waals surface area contributed by atoms with Gasteiger partial charge in [-0.2, -0.15) is 5.10 Å². The van der Waals surface area contributed by atoms with Crippen LogP contribution < -0.4 is 4.90 Å². The maximum atomic E-state index is 13.2. The topological polar surface area (TPSA) is 67.2 Å². The van der Waals surface area contributed by atoms with Gasteiger partial charge in [0, 0.05) is 49.7 Å². The molecule has 3 heterocycles. The van der Waals surface area contributed by atoms with Crippen LogP contribution in [0.5, 0.6) is 0 Å². The molecule has 2 aromatic heterocycles. The molecule has 1 aliphatic rings. The number of nitrogens with zero attached hydrogens (tertiary/aromatic N) is 6. The van der Waals surface area contributed by atoms with E-state index in [4.69, 9.17) is 0 Å². The van der Waals surface area contributed by atoms with Crippen LogP contribution in [-0.2, 0) is 0 Å². The minimum Gasteiger partial charge on any atom is -0.337 e. The normalized spacial score (nSPS) is 13.9. The fraction of sp³-hybridized carbons (Fsp3) is 0.167. The van der Waals surface area contributed by atoms with Crippen molar-refractivity contribution in [3.8, 4) is 16.9 Å². The van der Waals surface area contributed by atoms with Gasteiger partial charge in [-0.25, -0.2) is 14.6 Å². The predicted molar refractivity (Wildman–Crippen MR) is 119 cm³/mol. The number of amides is 1. The quantitative estimate of drug-likeness (QED) is 0.517. The van der Waals surface area contributed by atoms with Crippen LogP contribution in [0.1, 0.15) is 10.4 Å². The minimum atomic E-state index is 0.0314. The Morgan fingerprint density at radius 2 is 1.55 bits per heavy atom. The third kappa shape index (κ3) is 3.90. The van der Waals surface area contributed by atoms with Crippen LogP contribution in [0, 0.1) is 0 Å². The molecule has 0 bridgehead atoms. The second-order valence-electron chi connectivity index (χ2n) is 7.37. The number of piperazine rings is 1. The fourth-order valence-corrected chi connectivity index (χ4v) is 3.85. The highest BCUT2D eigenvalue weighted by Gasteiger charge is 2.23. The Kier molecular flexibility index (Phi) is 5.14. The van der Waals surface area contributed by atoms with Crippen LogP contribution >= 0.6 is 0 Å². The van der Waals surface area contributed by atoms with E-state index < -0.39 is 0 Å². The molecule has 0 atom stereocenters. The van der Waals surface area contributed by atoms with E-state index in [1.165, 1.54) is 0 Å². The molecule has 7 nitrogen and oxygen atoms in total. The summed E-state index contributed by atoms with van der Waals surface area (Å²) >= 11 is 0. The lowest BCUT2D eigenvalue weighted by atomic mass is 10.1. The fourth-order valence-electron chi connectivity index (χ4n) is 3.85. The van der Waals surface area contributed by atoms with Crippen molar-refractivity contribution in [3.63, 3.8) is 0 Å². The molecule has 5 rings (SSSR count). The predicted octanol–water partition coefficient (Wildman–Crippen LogP) is 3.29. The monoisotopic (exact) mass is 410 g/mol. The van der Waals surface area contributed by atoms with E-state index >= 15 is 0 Å². The number of aromatic nitrogens is 4. The Labute approximate surface area is 180 Å². The van der Waals surface area contributed by atoms with E-state index in [0.29, 0.717) is 37.7 Å². The van der Waals surface area contributed by atoms with Gasteiger partial charge in [-0.1, -0.05) is 36.4 Å². The second-order valence-corrected chi connectivity index (χ2v) is 7.37. The number of rotatable bonds is 4. The molecular weight excluding hydrogens is 388 g/mol. The zero-order chi connectivity index (χ0) is 21.0. The van der Waals surface area contributed by atoms with Crippen LogP contribution in [0.4, 0.5) is 5.95 Å². The SMILES string of the molecule is O=C(c1cccc(-n2nccc2-c2ccccc2)c1)N1CCN(c2ncccn2)CC1. The molecule has 0 radical (unpaired) electrons. The van der Waals surface area contributed by atoms with Crippen molar-refractivity contribution < 1.29 is 4.79 Å². The van der Waals surface area contributed by atoms with Crippen molar-refractivity contribution in [3.05, 3.63) is 90.9 Å². The Balaban J connectivity index is 1.34. The van der Waals surface area contributed by atoms with E-state index in [2.05, 4.69) is 32.1 Å². The highest BCUT2D eigenvalue weighted by Crippen LogP contribution is 2.23. The molecule has 1 aliphatic heterocycles. The number of hydrogen-bond acceptors (Lipinski definition) is 5. The third-order valence-electron chi connectivity index (χ3n) is 5.45. The third-order valence-corrected chi connectivity index (χ3v) is 5.45. The summed E-state index contributed by atoms with van der Waals surface area (Å²) in [6.07, 6.45) is 5.26. The van der Waals surface area contributed by atoms with Crippen molar-refractivity contribution in [1.29, 1.82) is 0 Å². The second kappa shape index (κ2) is 8.39. The van der Waals surface area contributed by atoms with Gasteiger partial charge >= 0.3 is 0 Å².